The number of hydrogen-bond donors (Lipinski definition) is 3. The number of carbonyl (C=O) groups excluding carboxylic acids is 1. The van der Waals surface area contributed by atoms with Crippen molar-refractivity contribution >= 4 is 22.8 Å². The van der Waals surface area contributed by atoms with Crippen LogP contribution in [0.5, 0.6) is 11.5 Å². The van der Waals surface area contributed by atoms with E-state index in [9.17, 15) is 19.5 Å². The summed E-state index contributed by atoms with van der Waals surface area (Å²) < 4.78 is 6.56. The maximum Gasteiger partial charge on any atom is 0.322 e. The van der Waals surface area contributed by atoms with Gasteiger partial charge in [-0.25, -0.2) is 0 Å². The molecule has 0 aliphatic rings. The predicted octanol–water partition coefficient (Wildman–Crippen LogP) is 1.58. The highest BCUT2D eigenvalue weighted by atomic mass is 16.5. The molecule has 0 aliphatic carbocycles. The Morgan fingerprint density at radius 1 is 1.14 bits per heavy atom. The van der Waals surface area contributed by atoms with Crippen molar-refractivity contribution in [1.82, 2.24) is 9.88 Å². The Labute approximate surface area is 159 Å². The number of benzene rings is 2. The number of nitrogens with zero attached hydrogens (tertiary/aromatic N) is 1. The van der Waals surface area contributed by atoms with Crippen molar-refractivity contribution < 1.29 is 24.5 Å². The molecule has 0 fully saturated rings. The molecule has 0 unspecified atom stereocenters. The van der Waals surface area contributed by atoms with Gasteiger partial charge >= 0.3 is 5.97 Å². The van der Waals surface area contributed by atoms with Crippen LogP contribution in [0.1, 0.15) is 15.9 Å². The Kier molecular flexibility index (Phi) is 5.30. The van der Waals surface area contributed by atoms with Crippen LogP contribution in [0.15, 0.2) is 53.3 Å². The molecule has 28 heavy (non-hydrogen) atoms. The van der Waals surface area contributed by atoms with Gasteiger partial charge < -0.3 is 24.8 Å². The standard InChI is InChI=1S/C20H18N2O6/c1-28-13-6-4-5-12(9-13)11-22-15-8-3-2-7-14(15)18(25)17(20(22)27)19(26)21-10-16(23)24/h2-9,25H,10-11H2,1H3,(H,21,26)(H,23,24). The predicted molar refractivity (Wildman–Crippen MR) is 102 cm³/mol. The second-order valence-corrected chi connectivity index (χ2v) is 6.06. The molecule has 1 aromatic heterocycles. The van der Waals surface area contributed by atoms with Crippen LogP contribution in [0.2, 0.25) is 0 Å². The van der Waals surface area contributed by atoms with Gasteiger partial charge in [-0.1, -0.05) is 24.3 Å². The van der Waals surface area contributed by atoms with Gasteiger partial charge in [-0.3, -0.25) is 14.4 Å². The number of hydrogen-bond acceptors (Lipinski definition) is 5. The largest absolute Gasteiger partial charge is 0.506 e. The van der Waals surface area contributed by atoms with Gasteiger partial charge in [-0.2, -0.15) is 0 Å². The Balaban J connectivity index is 2.16. The molecule has 0 aliphatic heterocycles. The normalized spacial score (nSPS) is 10.6. The number of fused-ring (bicyclic) bond motifs is 1. The lowest BCUT2D eigenvalue weighted by molar-refractivity contribution is -0.135. The zero-order valence-corrected chi connectivity index (χ0v) is 15.0. The number of carboxylic acid groups (broad SMARTS) is 1. The molecule has 1 amide bonds. The summed E-state index contributed by atoms with van der Waals surface area (Å²) >= 11 is 0. The third kappa shape index (κ3) is 3.66. The molecule has 8 heteroatoms. The highest BCUT2D eigenvalue weighted by Crippen LogP contribution is 2.27. The summed E-state index contributed by atoms with van der Waals surface area (Å²) in [6.45, 7) is -0.531. The molecule has 3 rings (SSSR count). The summed E-state index contributed by atoms with van der Waals surface area (Å²) in [5, 5.41) is 21.7. The molecule has 2 aromatic carbocycles. The Bertz CT molecular complexity index is 1120. The second-order valence-electron chi connectivity index (χ2n) is 6.06. The fraction of sp³-hybridized carbons (Fsp3) is 0.150. The Morgan fingerprint density at radius 3 is 2.61 bits per heavy atom. The number of aliphatic carboxylic acids is 1. The summed E-state index contributed by atoms with van der Waals surface area (Å²) in [4.78, 5) is 36.1. The van der Waals surface area contributed by atoms with E-state index in [4.69, 9.17) is 9.84 Å². The minimum absolute atomic E-state index is 0.135. The molecule has 144 valence electrons. The lowest BCUT2D eigenvalue weighted by Gasteiger charge is -2.15. The summed E-state index contributed by atoms with van der Waals surface area (Å²) in [6.07, 6.45) is 0. The van der Waals surface area contributed by atoms with Gasteiger partial charge in [-0.15, -0.1) is 0 Å². The minimum Gasteiger partial charge on any atom is -0.506 e. The van der Waals surface area contributed by atoms with Gasteiger partial charge in [0.1, 0.15) is 23.6 Å². The summed E-state index contributed by atoms with van der Waals surface area (Å²) in [5.74, 6) is -2.07. The molecule has 3 N–H and O–H groups in total. The van der Waals surface area contributed by atoms with Gasteiger partial charge in [0.15, 0.2) is 0 Å². The quantitative estimate of drug-likeness (QED) is 0.596. The number of aromatic hydroxyl groups is 1. The molecule has 0 saturated carbocycles. The van der Waals surface area contributed by atoms with Gasteiger partial charge in [0.25, 0.3) is 11.5 Å². The second kappa shape index (κ2) is 7.83. The zero-order chi connectivity index (χ0) is 20.3. The highest BCUT2D eigenvalue weighted by Gasteiger charge is 2.22. The third-order valence-corrected chi connectivity index (χ3v) is 4.25. The van der Waals surface area contributed by atoms with Crippen LogP contribution in [0.3, 0.4) is 0 Å². The fourth-order valence-corrected chi connectivity index (χ4v) is 2.95. The SMILES string of the molecule is COc1cccc(Cn2c(=O)c(C(=O)NCC(=O)O)c(O)c3ccccc32)c1. The molecule has 3 aromatic rings. The number of aromatic nitrogens is 1. The lowest BCUT2D eigenvalue weighted by atomic mass is 10.1. The van der Waals surface area contributed by atoms with Crippen LogP contribution in [0.25, 0.3) is 10.9 Å². The van der Waals surface area contributed by atoms with Gasteiger partial charge in [0.2, 0.25) is 0 Å². The smallest absolute Gasteiger partial charge is 0.322 e. The Hall–Kier alpha value is -3.81. The van der Waals surface area contributed by atoms with E-state index in [1.807, 2.05) is 0 Å². The number of pyridine rings is 1. The van der Waals surface area contributed by atoms with Gasteiger partial charge in [-0.05, 0) is 29.8 Å². The van der Waals surface area contributed by atoms with Crippen molar-refractivity contribution in [2.75, 3.05) is 13.7 Å². The van der Waals surface area contributed by atoms with Crippen LogP contribution in [0, 0.1) is 0 Å². The Morgan fingerprint density at radius 2 is 1.89 bits per heavy atom. The molecular formula is C20H18N2O6. The first-order chi connectivity index (χ1) is 13.4. The number of ether oxygens (including phenoxy) is 1. The minimum atomic E-state index is -1.26. The van der Waals surface area contributed by atoms with Gasteiger partial charge in [0.05, 0.1) is 19.2 Å². The van der Waals surface area contributed by atoms with E-state index in [2.05, 4.69) is 5.32 Å². The van der Waals surface area contributed by atoms with Crippen molar-refractivity contribution in [2.24, 2.45) is 0 Å². The van der Waals surface area contributed by atoms with Crippen LogP contribution < -0.4 is 15.6 Å². The maximum atomic E-state index is 13.0. The number of methoxy groups -OCH3 is 1. The number of carbonyl (C=O) groups is 2. The van der Waals surface area contributed by atoms with E-state index < -0.39 is 35.3 Å². The zero-order valence-electron chi connectivity index (χ0n) is 15.0. The average molecular weight is 382 g/mol. The maximum absolute atomic E-state index is 13.0. The summed E-state index contributed by atoms with van der Waals surface area (Å²) in [6, 6.07) is 13.7. The van der Waals surface area contributed by atoms with Crippen molar-refractivity contribution in [3.63, 3.8) is 0 Å². The summed E-state index contributed by atoms with van der Waals surface area (Å²) in [5.41, 5.74) is -0.0125. The number of amides is 1. The lowest BCUT2D eigenvalue weighted by Crippen LogP contribution is -2.36. The van der Waals surface area contributed by atoms with Crippen LogP contribution in [-0.2, 0) is 11.3 Å². The van der Waals surface area contributed by atoms with E-state index in [0.29, 0.717) is 16.7 Å². The van der Waals surface area contributed by atoms with Crippen LogP contribution in [0.4, 0.5) is 0 Å². The molecule has 0 radical (unpaired) electrons. The van der Waals surface area contributed by atoms with E-state index in [1.54, 1.807) is 48.5 Å². The monoisotopic (exact) mass is 382 g/mol. The van der Waals surface area contributed by atoms with Gasteiger partial charge in [0, 0.05) is 5.39 Å². The highest BCUT2D eigenvalue weighted by molar-refractivity contribution is 6.03. The molecule has 8 nitrogen and oxygen atoms in total. The molecular weight excluding hydrogens is 364 g/mol. The average Bonchev–Trinajstić information content (AvgIpc) is 2.70. The van der Waals surface area contributed by atoms with Crippen molar-refractivity contribution in [3.05, 3.63) is 70.0 Å². The number of carboxylic acids is 1. The van der Waals surface area contributed by atoms with Crippen molar-refractivity contribution in [1.29, 1.82) is 0 Å². The van der Waals surface area contributed by atoms with Crippen LogP contribution >= 0.6 is 0 Å². The van der Waals surface area contributed by atoms with E-state index in [-0.39, 0.29) is 6.54 Å². The third-order valence-electron chi connectivity index (χ3n) is 4.25. The first-order valence-corrected chi connectivity index (χ1v) is 8.39. The van der Waals surface area contributed by atoms with Crippen LogP contribution in [-0.4, -0.2) is 40.3 Å². The fourth-order valence-electron chi connectivity index (χ4n) is 2.95. The first-order valence-electron chi connectivity index (χ1n) is 8.39. The topological polar surface area (TPSA) is 118 Å². The van der Waals surface area contributed by atoms with E-state index in [0.717, 1.165) is 5.56 Å². The number of rotatable bonds is 6. The first kappa shape index (κ1) is 19.0. The molecule has 0 spiro atoms. The van der Waals surface area contributed by atoms with E-state index >= 15 is 0 Å². The summed E-state index contributed by atoms with van der Waals surface area (Å²) in [7, 11) is 1.53. The molecule has 0 bridgehead atoms. The number of para-hydroxylation sites is 1. The number of nitrogens with one attached hydrogen (secondary N) is 1. The van der Waals surface area contributed by atoms with Crippen molar-refractivity contribution in [2.45, 2.75) is 6.54 Å². The molecule has 0 atom stereocenters. The molecule has 1 heterocycles. The van der Waals surface area contributed by atoms with Crippen molar-refractivity contribution in [3.8, 4) is 11.5 Å². The van der Waals surface area contributed by atoms with E-state index in [1.165, 1.54) is 11.7 Å². The molecule has 0 saturated heterocycles.